The first-order valence-electron chi connectivity index (χ1n) is 4.29. The van der Waals surface area contributed by atoms with Gasteiger partial charge < -0.3 is 10.2 Å². The van der Waals surface area contributed by atoms with Gasteiger partial charge in [-0.1, -0.05) is 29.3 Å². The number of aliphatic carboxylic acids is 1. The Kier molecular flexibility index (Phi) is 3.97. The molecule has 0 bridgehead atoms. The molecule has 0 unspecified atom stereocenters. The van der Waals surface area contributed by atoms with Crippen LogP contribution in [0.15, 0.2) is 18.2 Å². The second kappa shape index (κ2) is 4.84. The molecule has 0 fully saturated rings. The van der Waals surface area contributed by atoms with Gasteiger partial charge in [-0.3, -0.25) is 4.79 Å². The number of benzene rings is 1. The maximum absolute atomic E-state index is 10.6. The maximum Gasteiger partial charge on any atom is 0.309 e. The van der Waals surface area contributed by atoms with Gasteiger partial charge in [0.15, 0.2) is 0 Å². The first-order valence-corrected chi connectivity index (χ1v) is 5.05. The van der Waals surface area contributed by atoms with E-state index in [-0.39, 0.29) is 0 Å². The number of carboxylic acid groups (broad SMARTS) is 1. The van der Waals surface area contributed by atoms with Crippen molar-refractivity contribution in [2.45, 2.75) is 13.0 Å². The van der Waals surface area contributed by atoms with Gasteiger partial charge in [0.1, 0.15) is 0 Å². The van der Waals surface area contributed by atoms with Gasteiger partial charge in [-0.05, 0) is 24.6 Å². The molecular formula is C10H10Cl2O3. The summed E-state index contributed by atoms with van der Waals surface area (Å²) in [5.41, 5.74) is 0.444. The van der Waals surface area contributed by atoms with E-state index in [1.54, 1.807) is 6.07 Å². The van der Waals surface area contributed by atoms with Gasteiger partial charge in [0.05, 0.1) is 22.1 Å². The Morgan fingerprint density at radius 2 is 1.93 bits per heavy atom. The highest BCUT2D eigenvalue weighted by atomic mass is 35.5. The third kappa shape index (κ3) is 2.84. The van der Waals surface area contributed by atoms with E-state index in [1.807, 2.05) is 0 Å². The fourth-order valence-electron chi connectivity index (χ4n) is 1.12. The maximum atomic E-state index is 10.6. The Morgan fingerprint density at radius 1 is 1.33 bits per heavy atom. The highest BCUT2D eigenvalue weighted by Crippen LogP contribution is 2.28. The van der Waals surface area contributed by atoms with Crippen molar-refractivity contribution in [2.24, 2.45) is 5.92 Å². The average molecular weight is 249 g/mol. The van der Waals surface area contributed by atoms with Gasteiger partial charge in [-0.15, -0.1) is 0 Å². The monoisotopic (exact) mass is 248 g/mol. The van der Waals surface area contributed by atoms with Gasteiger partial charge in [-0.25, -0.2) is 0 Å². The Bertz CT molecular complexity index is 379. The summed E-state index contributed by atoms with van der Waals surface area (Å²) in [6.45, 7) is 1.43. The fourth-order valence-corrected chi connectivity index (χ4v) is 1.43. The first-order chi connectivity index (χ1) is 6.93. The predicted octanol–water partition coefficient (Wildman–Crippen LogP) is 2.75. The Labute approximate surface area is 97.2 Å². The smallest absolute Gasteiger partial charge is 0.309 e. The molecule has 0 radical (unpaired) electrons. The molecule has 82 valence electrons. The highest BCUT2D eigenvalue weighted by molar-refractivity contribution is 6.42. The molecule has 0 aliphatic heterocycles. The van der Waals surface area contributed by atoms with Crippen molar-refractivity contribution in [3.8, 4) is 0 Å². The first kappa shape index (κ1) is 12.3. The molecule has 2 N–H and O–H groups in total. The standard InChI is InChI=1S/C10H10Cl2O3/c1-5(10(14)15)9(13)6-2-3-7(11)8(12)4-6/h2-5,9,13H,1H3,(H,14,15)/t5-,9-/m0/s1. The minimum Gasteiger partial charge on any atom is -0.481 e. The summed E-state index contributed by atoms with van der Waals surface area (Å²) < 4.78 is 0. The third-order valence-corrected chi connectivity index (χ3v) is 2.89. The lowest BCUT2D eigenvalue weighted by Crippen LogP contribution is -2.18. The summed E-state index contributed by atoms with van der Waals surface area (Å²) in [5.74, 6) is -1.95. The summed E-state index contributed by atoms with van der Waals surface area (Å²) in [6.07, 6.45) is -1.09. The van der Waals surface area contributed by atoms with Crippen molar-refractivity contribution in [1.29, 1.82) is 0 Å². The van der Waals surface area contributed by atoms with Crippen LogP contribution in [0.25, 0.3) is 0 Å². The number of aliphatic hydroxyl groups is 1. The van der Waals surface area contributed by atoms with E-state index >= 15 is 0 Å². The van der Waals surface area contributed by atoms with Crippen LogP contribution in [-0.4, -0.2) is 16.2 Å². The third-order valence-electron chi connectivity index (χ3n) is 2.15. The normalized spacial score (nSPS) is 14.7. The molecule has 0 aromatic heterocycles. The topological polar surface area (TPSA) is 57.5 Å². The molecule has 1 aromatic carbocycles. The van der Waals surface area contributed by atoms with Gasteiger partial charge in [-0.2, -0.15) is 0 Å². The van der Waals surface area contributed by atoms with Gasteiger partial charge in [0.25, 0.3) is 0 Å². The lowest BCUT2D eigenvalue weighted by Gasteiger charge is -2.15. The summed E-state index contributed by atoms with van der Waals surface area (Å²) >= 11 is 11.4. The molecule has 5 heteroatoms. The van der Waals surface area contributed by atoms with Crippen molar-refractivity contribution in [3.05, 3.63) is 33.8 Å². The van der Waals surface area contributed by atoms with E-state index in [4.69, 9.17) is 28.3 Å². The number of hydrogen-bond acceptors (Lipinski definition) is 2. The van der Waals surface area contributed by atoms with Crippen molar-refractivity contribution >= 4 is 29.2 Å². The highest BCUT2D eigenvalue weighted by Gasteiger charge is 2.23. The molecule has 0 aliphatic carbocycles. The van der Waals surface area contributed by atoms with Gasteiger partial charge in [0.2, 0.25) is 0 Å². The minimum atomic E-state index is -1.09. The summed E-state index contributed by atoms with van der Waals surface area (Å²) in [4.78, 5) is 10.6. The van der Waals surface area contributed by atoms with E-state index < -0.39 is 18.0 Å². The molecule has 0 saturated heterocycles. The predicted molar refractivity (Wildman–Crippen MR) is 58.2 cm³/mol. The van der Waals surface area contributed by atoms with Gasteiger partial charge in [0, 0.05) is 0 Å². The molecule has 1 rings (SSSR count). The zero-order valence-corrected chi connectivity index (χ0v) is 9.46. The average Bonchev–Trinajstić information content (AvgIpc) is 2.19. The van der Waals surface area contributed by atoms with Crippen LogP contribution in [-0.2, 0) is 4.79 Å². The number of hydrogen-bond donors (Lipinski definition) is 2. The van der Waals surface area contributed by atoms with Crippen LogP contribution in [0.3, 0.4) is 0 Å². The summed E-state index contributed by atoms with van der Waals surface area (Å²) in [5, 5.41) is 19.1. The Hall–Kier alpha value is -0.770. The van der Waals surface area contributed by atoms with Crippen LogP contribution in [0.2, 0.25) is 10.0 Å². The zero-order valence-electron chi connectivity index (χ0n) is 7.95. The molecule has 0 heterocycles. The van der Waals surface area contributed by atoms with Crippen LogP contribution in [0, 0.1) is 5.92 Å². The SMILES string of the molecule is C[C@H](C(=O)O)[C@H](O)c1ccc(Cl)c(Cl)c1. The lowest BCUT2D eigenvalue weighted by molar-refractivity contribution is -0.145. The van der Waals surface area contributed by atoms with Gasteiger partial charge >= 0.3 is 5.97 Å². The summed E-state index contributed by atoms with van der Waals surface area (Å²) in [6, 6.07) is 4.54. The summed E-state index contributed by atoms with van der Waals surface area (Å²) in [7, 11) is 0. The molecule has 0 spiro atoms. The molecule has 0 aliphatic rings. The van der Waals surface area contributed by atoms with Crippen molar-refractivity contribution in [1.82, 2.24) is 0 Å². The second-order valence-electron chi connectivity index (χ2n) is 3.25. The van der Waals surface area contributed by atoms with Crippen molar-refractivity contribution in [2.75, 3.05) is 0 Å². The zero-order chi connectivity index (χ0) is 11.6. The Balaban J connectivity index is 2.96. The molecule has 0 saturated carbocycles. The van der Waals surface area contributed by atoms with E-state index in [9.17, 15) is 9.90 Å². The van der Waals surface area contributed by atoms with Crippen molar-refractivity contribution < 1.29 is 15.0 Å². The van der Waals surface area contributed by atoms with Crippen LogP contribution >= 0.6 is 23.2 Å². The van der Waals surface area contributed by atoms with E-state index in [0.29, 0.717) is 15.6 Å². The molecule has 0 amide bonds. The van der Waals surface area contributed by atoms with Crippen LogP contribution in [0.5, 0.6) is 0 Å². The molecule has 2 atom stereocenters. The van der Waals surface area contributed by atoms with Crippen LogP contribution < -0.4 is 0 Å². The van der Waals surface area contributed by atoms with E-state index in [0.717, 1.165) is 0 Å². The largest absolute Gasteiger partial charge is 0.481 e. The molecular weight excluding hydrogens is 239 g/mol. The number of carbonyl (C=O) groups is 1. The quantitative estimate of drug-likeness (QED) is 0.865. The molecule has 1 aromatic rings. The van der Waals surface area contributed by atoms with Crippen LogP contribution in [0.4, 0.5) is 0 Å². The second-order valence-corrected chi connectivity index (χ2v) is 4.06. The fraction of sp³-hybridized carbons (Fsp3) is 0.300. The minimum absolute atomic E-state index is 0.297. The number of carboxylic acids is 1. The Morgan fingerprint density at radius 3 is 2.40 bits per heavy atom. The van der Waals surface area contributed by atoms with Crippen LogP contribution in [0.1, 0.15) is 18.6 Å². The van der Waals surface area contributed by atoms with Crippen molar-refractivity contribution in [3.63, 3.8) is 0 Å². The number of aliphatic hydroxyl groups excluding tert-OH is 1. The number of rotatable bonds is 3. The van der Waals surface area contributed by atoms with E-state index in [2.05, 4.69) is 0 Å². The molecule has 15 heavy (non-hydrogen) atoms. The number of halogens is 2. The molecule has 3 nitrogen and oxygen atoms in total. The lowest BCUT2D eigenvalue weighted by atomic mass is 9.98. The van der Waals surface area contributed by atoms with E-state index in [1.165, 1.54) is 19.1 Å².